The predicted octanol–water partition coefficient (Wildman–Crippen LogP) is 2.40. The molecule has 1 aromatic carbocycles. The molecule has 74 valence electrons. The van der Waals surface area contributed by atoms with Gasteiger partial charge in [0.05, 0.1) is 5.56 Å². The van der Waals surface area contributed by atoms with Crippen molar-refractivity contribution in [1.82, 2.24) is 0 Å². The van der Waals surface area contributed by atoms with E-state index in [1.807, 2.05) is 28.7 Å². The molecule has 0 heterocycles. The summed E-state index contributed by atoms with van der Waals surface area (Å²) >= 11 is 1.85. The van der Waals surface area contributed by atoms with Gasteiger partial charge in [-0.3, -0.25) is 0 Å². The smallest absolute Gasteiger partial charge is 0.207 e. The zero-order chi connectivity index (χ0) is 10.9. The molecule has 0 atom stereocenters. The van der Waals surface area contributed by atoms with Crippen LogP contribution in [0.1, 0.15) is 11.1 Å². The van der Waals surface area contributed by atoms with Crippen molar-refractivity contribution >= 4 is 42.3 Å². The highest BCUT2D eigenvalue weighted by atomic mass is 127. The van der Waals surface area contributed by atoms with Crippen LogP contribution in [0.2, 0.25) is 0 Å². The number of aryl methyl sites for hydroxylation is 1. The maximum atomic E-state index is 11.2. The summed E-state index contributed by atoms with van der Waals surface area (Å²) in [6.45, 7) is 1.79. The van der Waals surface area contributed by atoms with Gasteiger partial charge in [-0.15, -0.1) is 0 Å². The van der Waals surface area contributed by atoms with Crippen LogP contribution in [0.25, 0.3) is 0 Å². The Bertz CT molecular complexity index is 519. The van der Waals surface area contributed by atoms with E-state index >= 15 is 0 Å². The van der Waals surface area contributed by atoms with Crippen molar-refractivity contribution in [3.05, 3.63) is 26.8 Å². The van der Waals surface area contributed by atoms with Crippen LogP contribution in [0, 0.1) is 21.8 Å². The molecule has 0 bridgehead atoms. The van der Waals surface area contributed by atoms with E-state index in [0.29, 0.717) is 3.57 Å². The molecular weight excluding hydrogens is 337 g/mol. The molecule has 0 spiro atoms. The Morgan fingerprint density at radius 3 is 2.50 bits per heavy atom. The van der Waals surface area contributed by atoms with Gasteiger partial charge >= 0.3 is 0 Å². The number of rotatable bonds is 1. The van der Waals surface area contributed by atoms with Crippen LogP contribution in [0.3, 0.4) is 0 Å². The second-order valence-corrected chi connectivity index (χ2v) is 6.34. The van der Waals surface area contributed by atoms with Crippen molar-refractivity contribution in [2.45, 2.75) is 11.8 Å². The second-order valence-electron chi connectivity index (χ2n) is 2.67. The van der Waals surface area contributed by atoms with Gasteiger partial charge < -0.3 is 0 Å². The molecule has 0 fully saturated rings. The third kappa shape index (κ3) is 2.38. The van der Waals surface area contributed by atoms with Crippen LogP contribution < -0.4 is 0 Å². The van der Waals surface area contributed by atoms with E-state index < -0.39 is 9.05 Å². The minimum absolute atomic E-state index is 0.0874. The van der Waals surface area contributed by atoms with Crippen LogP contribution in [0.4, 0.5) is 0 Å². The van der Waals surface area contributed by atoms with Crippen LogP contribution in [0.15, 0.2) is 17.0 Å². The lowest BCUT2D eigenvalue weighted by Crippen LogP contribution is -1.99. The number of halogens is 2. The van der Waals surface area contributed by atoms with Crippen molar-refractivity contribution in [1.29, 1.82) is 5.26 Å². The summed E-state index contributed by atoms with van der Waals surface area (Å²) in [5, 5.41) is 8.75. The molecule has 6 heteroatoms. The maximum absolute atomic E-state index is 11.2. The van der Waals surface area contributed by atoms with E-state index in [0.717, 1.165) is 5.56 Å². The van der Waals surface area contributed by atoms with Crippen LogP contribution in [-0.2, 0) is 9.05 Å². The Labute approximate surface area is 100 Å². The third-order valence-corrected chi connectivity index (χ3v) is 4.16. The minimum Gasteiger partial charge on any atom is -0.207 e. The standard InChI is InChI=1S/C8H5ClINO2S/c1-5-2-6(4-11)8(7(10)3-5)14(9,12)13/h2-3H,1H3. The average Bonchev–Trinajstić information content (AvgIpc) is 1.99. The number of nitriles is 1. The summed E-state index contributed by atoms with van der Waals surface area (Å²) in [7, 11) is 1.37. The number of hydrogen-bond acceptors (Lipinski definition) is 3. The molecule has 0 N–H and O–H groups in total. The Hall–Kier alpha value is -0.320. The summed E-state index contributed by atoms with van der Waals surface area (Å²) in [6.07, 6.45) is 0. The fraction of sp³-hybridized carbons (Fsp3) is 0.125. The largest absolute Gasteiger partial charge is 0.263 e. The molecule has 0 saturated heterocycles. The van der Waals surface area contributed by atoms with E-state index in [4.69, 9.17) is 15.9 Å². The third-order valence-electron chi connectivity index (χ3n) is 1.55. The summed E-state index contributed by atoms with van der Waals surface area (Å²) in [4.78, 5) is -0.104. The van der Waals surface area contributed by atoms with Gasteiger partial charge in [0.15, 0.2) is 0 Å². The highest BCUT2D eigenvalue weighted by Gasteiger charge is 2.19. The lowest BCUT2D eigenvalue weighted by atomic mass is 10.2. The highest BCUT2D eigenvalue weighted by molar-refractivity contribution is 14.1. The second kappa shape index (κ2) is 4.04. The average molecular weight is 342 g/mol. The predicted molar refractivity (Wildman–Crippen MR) is 61.6 cm³/mol. The first-order chi connectivity index (χ1) is 6.36. The maximum Gasteiger partial charge on any atom is 0.263 e. The molecule has 0 amide bonds. The lowest BCUT2D eigenvalue weighted by molar-refractivity contribution is 0.609. The quantitative estimate of drug-likeness (QED) is 0.582. The zero-order valence-electron chi connectivity index (χ0n) is 7.08. The van der Waals surface area contributed by atoms with E-state index in [-0.39, 0.29) is 10.5 Å². The van der Waals surface area contributed by atoms with Crippen LogP contribution >= 0.6 is 33.3 Å². The molecule has 0 radical (unpaired) electrons. The Balaban J connectivity index is 3.68. The monoisotopic (exact) mass is 341 g/mol. The SMILES string of the molecule is Cc1cc(I)c(S(=O)(=O)Cl)c(C#N)c1. The molecule has 0 saturated carbocycles. The van der Waals surface area contributed by atoms with Crippen molar-refractivity contribution in [3.63, 3.8) is 0 Å². The van der Waals surface area contributed by atoms with Gasteiger partial charge in [-0.25, -0.2) is 8.42 Å². The molecule has 0 aliphatic rings. The molecular formula is C8H5ClINO2S. The summed E-state index contributed by atoms with van der Waals surface area (Å²) in [5.41, 5.74) is 0.916. The van der Waals surface area contributed by atoms with Crippen molar-refractivity contribution in [2.24, 2.45) is 0 Å². The lowest BCUT2D eigenvalue weighted by Gasteiger charge is -2.04. The zero-order valence-corrected chi connectivity index (χ0v) is 10.8. The fourth-order valence-corrected chi connectivity index (χ4v) is 4.26. The van der Waals surface area contributed by atoms with Gasteiger partial charge in [-0.1, -0.05) is 0 Å². The summed E-state index contributed by atoms with van der Waals surface area (Å²) in [5.74, 6) is 0. The topological polar surface area (TPSA) is 57.9 Å². The van der Waals surface area contributed by atoms with Gasteiger partial charge in [0, 0.05) is 14.3 Å². The van der Waals surface area contributed by atoms with E-state index in [9.17, 15) is 8.42 Å². The van der Waals surface area contributed by atoms with Crippen LogP contribution in [-0.4, -0.2) is 8.42 Å². The van der Waals surface area contributed by atoms with Gasteiger partial charge in [0.1, 0.15) is 11.0 Å². The van der Waals surface area contributed by atoms with Gasteiger partial charge in [0.2, 0.25) is 0 Å². The molecule has 0 aliphatic carbocycles. The molecule has 0 unspecified atom stereocenters. The molecule has 1 aromatic rings. The fourth-order valence-electron chi connectivity index (χ4n) is 1.06. The van der Waals surface area contributed by atoms with Crippen LogP contribution in [0.5, 0.6) is 0 Å². The molecule has 0 aliphatic heterocycles. The number of hydrogen-bond donors (Lipinski definition) is 0. The van der Waals surface area contributed by atoms with Gasteiger partial charge in [-0.05, 0) is 47.2 Å². The first kappa shape index (κ1) is 11.8. The summed E-state index contributed by atoms with van der Waals surface area (Å²) < 4.78 is 22.8. The van der Waals surface area contributed by atoms with Gasteiger partial charge in [0.25, 0.3) is 9.05 Å². The molecule has 3 nitrogen and oxygen atoms in total. The first-order valence-electron chi connectivity index (χ1n) is 3.51. The van der Waals surface area contributed by atoms with Gasteiger partial charge in [-0.2, -0.15) is 5.26 Å². The summed E-state index contributed by atoms with van der Waals surface area (Å²) in [6, 6.07) is 4.98. The Morgan fingerprint density at radius 2 is 2.07 bits per heavy atom. The Kier molecular flexibility index (Phi) is 3.40. The van der Waals surface area contributed by atoms with Crippen molar-refractivity contribution in [2.75, 3.05) is 0 Å². The van der Waals surface area contributed by atoms with Crippen molar-refractivity contribution < 1.29 is 8.42 Å². The minimum atomic E-state index is -3.85. The van der Waals surface area contributed by atoms with E-state index in [1.165, 1.54) is 6.07 Å². The molecule has 0 aromatic heterocycles. The van der Waals surface area contributed by atoms with E-state index in [1.54, 1.807) is 13.0 Å². The van der Waals surface area contributed by atoms with E-state index in [2.05, 4.69) is 0 Å². The molecule has 14 heavy (non-hydrogen) atoms. The Morgan fingerprint density at radius 1 is 1.50 bits per heavy atom. The first-order valence-corrected chi connectivity index (χ1v) is 6.90. The normalized spacial score (nSPS) is 11.0. The number of nitrogens with zero attached hydrogens (tertiary/aromatic N) is 1. The number of benzene rings is 1. The van der Waals surface area contributed by atoms with Crippen molar-refractivity contribution in [3.8, 4) is 6.07 Å². The molecule has 1 rings (SSSR count). The highest BCUT2D eigenvalue weighted by Crippen LogP contribution is 2.26.